The highest BCUT2D eigenvalue weighted by atomic mass is 35.5. The quantitative estimate of drug-likeness (QED) is 0.724. The number of nitrogens with one attached hydrogen (secondary N) is 2. The van der Waals surface area contributed by atoms with Crippen LogP contribution in [0.1, 0.15) is 0 Å². The standard InChI is InChI=1S/C15H15ClN2O5S/c1-22-12-6-8-14(9-7-12)24(20,21)18-17-15(19)10-23-13-4-2-11(16)3-5-13/h2-9,18H,10H2,1H3,(H,17,19). The van der Waals surface area contributed by atoms with E-state index in [2.05, 4.69) is 5.43 Å². The Labute approximate surface area is 144 Å². The summed E-state index contributed by atoms with van der Waals surface area (Å²) in [6, 6.07) is 12.1. The maximum atomic E-state index is 12.0. The monoisotopic (exact) mass is 370 g/mol. The van der Waals surface area contributed by atoms with E-state index in [-0.39, 0.29) is 11.5 Å². The Morgan fingerprint density at radius 3 is 2.21 bits per heavy atom. The molecular weight excluding hydrogens is 356 g/mol. The molecule has 128 valence electrons. The number of hydrogen-bond donors (Lipinski definition) is 2. The van der Waals surface area contributed by atoms with Crippen molar-refractivity contribution in [3.8, 4) is 11.5 Å². The van der Waals surface area contributed by atoms with Gasteiger partial charge in [0.15, 0.2) is 6.61 Å². The van der Waals surface area contributed by atoms with Gasteiger partial charge in [0.25, 0.3) is 15.9 Å². The normalized spacial score (nSPS) is 10.9. The highest BCUT2D eigenvalue weighted by molar-refractivity contribution is 7.89. The van der Waals surface area contributed by atoms with Crippen molar-refractivity contribution in [3.63, 3.8) is 0 Å². The van der Waals surface area contributed by atoms with Crippen molar-refractivity contribution in [2.24, 2.45) is 0 Å². The maximum Gasteiger partial charge on any atom is 0.272 e. The summed E-state index contributed by atoms with van der Waals surface area (Å²) in [5, 5.41) is 0.541. The summed E-state index contributed by atoms with van der Waals surface area (Å²) in [6.45, 7) is -0.354. The Kier molecular flexibility index (Phi) is 6.02. The molecular formula is C15H15ClN2O5S. The zero-order valence-electron chi connectivity index (χ0n) is 12.7. The van der Waals surface area contributed by atoms with Crippen LogP contribution in [0.3, 0.4) is 0 Å². The minimum Gasteiger partial charge on any atom is -0.497 e. The van der Waals surface area contributed by atoms with E-state index in [1.165, 1.54) is 31.4 Å². The summed E-state index contributed by atoms with van der Waals surface area (Å²) in [7, 11) is -2.40. The lowest BCUT2D eigenvalue weighted by atomic mass is 10.3. The maximum absolute atomic E-state index is 12.0. The Morgan fingerprint density at radius 2 is 1.62 bits per heavy atom. The van der Waals surface area contributed by atoms with Gasteiger partial charge in [-0.3, -0.25) is 10.2 Å². The van der Waals surface area contributed by atoms with Crippen molar-refractivity contribution >= 4 is 27.5 Å². The van der Waals surface area contributed by atoms with Crippen LogP contribution in [0, 0.1) is 0 Å². The van der Waals surface area contributed by atoms with Gasteiger partial charge in [0.05, 0.1) is 12.0 Å². The molecule has 0 saturated carbocycles. The van der Waals surface area contributed by atoms with E-state index in [0.29, 0.717) is 16.5 Å². The fourth-order valence-electron chi connectivity index (χ4n) is 1.65. The van der Waals surface area contributed by atoms with Gasteiger partial charge in [-0.1, -0.05) is 11.6 Å². The lowest BCUT2D eigenvalue weighted by Crippen LogP contribution is -2.43. The molecule has 0 aliphatic rings. The zero-order valence-corrected chi connectivity index (χ0v) is 14.2. The molecule has 0 spiro atoms. The molecule has 0 bridgehead atoms. The number of ether oxygens (including phenoxy) is 2. The van der Waals surface area contributed by atoms with Gasteiger partial charge in [-0.15, -0.1) is 4.83 Å². The third kappa shape index (κ3) is 5.12. The SMILES string of the molecule is COc1ccc(S(=O)(=O)NNC(=O)COc2ccc(Cl)cc2)cc1. The summed E-state index contributed by atoms with van der Waals surface area (Å²) in [6.07, 6.45) is 0. The van der Waals surface area contributed by atoms with E-state index in [1.54, 1.807) is 24.3 Å². The van der Waals surface area contributed by atoms with Crippen LogP contribution in [-0.2, 0) is 14.8 Å². The Morgan fingerprint density at radius 1 is 1.04 bits per heavy atom. The molecule has 24 heavy (non-hydrogen) atoms. The van der Waals surface area contributed by atoms with Crippen LogP contribution >= 0.6 is 11.6 Å². The summed E-state index contributed by atoms with van der Waals surface area (Å²) >= 11 is 5.73. The van der Waals surface area contributed by atoms with Crippen LogP contribution in [0.25, 0.3) is 0 Å². The lowest BCUT2D eigenvalue weighted by molar-refractivity contribution is -0.123. The third-order valence-electron chi connectivity index (χ3n) is 2.88. The first-order valence-corrected chi connectivity index (χ1v) is 8.60. The molecule has 2 rings (SSSR count). The minimum absolute atomic E-state index is 0.0118. The molecule has 0 atom stereocenters. The minimum atomic E-state index is -3.88. The van der Waals surface area contributed by atoms with E-state index in [1.807, 2.05) is 4.83 Å². The predicted molar refractivity (Wildman–Crippen MR) is 88.4 cm³/mol. The van der Waals surface area contributed by atoms with Gasteiger partial charge in [0, 0.05) is 5.02 Å². The number of halogens is 1. The molecule has 0 aliphatic heterocycles. The Bertz CT molecular complexity index is 792. The van der Waals surface area contributed by atoms with Crippen molar-refractivity contribution in [2.75, 3.05) is 13.7 Å². The average Bonchev–Trinajstić information content (AvgIpc) is 2.59. The van der Waals surface area contributed by atoms with E-state index < -0.39 is 15.9 Å². The first-order valence-electron chi connectivity index (χ1n) is 6.74. The van der Waals surface area contributed by atoms with Crippen molar-refractivity contribution < 1.29 is 22.7 Å². The molecule has 0 saturated heterocycles. The number of amides is 1. The van der Waals surface area contributed by atoms with Crippen molar-refractivity contribution in [2.45, 2.75) is 4.90 Å². The fourth-order valence-corrected chi connectivity index (χ4v) is 2.64. The van der Waals surface area contributed by atoms with Crippen LogP contribution < -0.4 is 19.7 Å². The largest absolute Gasteiger partial charge is 0.497 e. The Hall–Kier alpha value is -2.29. The second kappa shape index (κ2) is 8.00. The molecule has 7 nitrogen and oxygen atoms in total. The number of hydrogen-bond acceptors (Lipinski definition) is 5. The van der Waals surface area contributed by atoms with Crippen molar-refractivity contribution in [1.82, 2.24) is 10.3 Å². The van der Waals surface area contributed by atoms with Crippen LogP contribution in [0.5, 0.6) is 11.5 Å². The summed E-state index contributed by atoms with van der Waals surface area (Å²) in [5.41, 5.74) is 2.07. The van der Waals surface area contributed by atoms with Gasteiger partial charge in [0.1, 0.15) is 11.5 Å². The third-order valence-corrected chi connectivity index (χ3v) is 4.39. The van der Waals surface area contributed by atoms with E-state index in [4.69, 9.17) is 21.1 Å². The van der Waals surface area contributed by atoms with Crippen LogP contribution in [-0.4, -0.2) is 28.0 Å². The number of hydrazine groups is 1. The predicted octanol–water partition coefficient (Wildman–Crippen LogP) is 1.74. The molecule has 0 unspecified atom stereocenters. The van der Waals surface area contributed by atoms with Crippen molar-refractivity contribution in [3.05, 3.63) is 53.6 Å². The van der Waals surface area contributed by atoms with Crippen LogP contribution in [0.2, 0.25) is 5.02 Å². The van der Waals surface area contributed by atoms with Gasteiger partial charge in [-0.2, -0.15) is 0 Å². The number of carbonyl (C=O) groups excluding carboxylic acids is 1. The number of rotatable bonds is 7. The Balaban J connectivity index is 1.86. The topological polar surface area (TPSA) is 93.7 Å². The average molecular weight is 371 g/mol. The molecule has 0 heterocycles. The van der Waals surface area contributed by atoms with Gasteiger partial charge in [0.2, 0.25) is 0 Å². The van der Waals surface area contributed by atoms with E-state index >= 15 is 0 Å². The first-order chi connectivity index (χ1) is 11.4. The van der Waals surface area contributed by atoms with Gasteiger partial charge < -0.3 is 9.47 Å². The molecule has 0 aliphatic carbocycles. The molecule has 0 fully saturated rings. The first kappa shape index (κ1) is 18.1. The molecule has 0 aromatic heterocycles. The van der Waals surface area contributed by atoms with Crippen LogP contribution in [0.4, 0.5) is 0 Å². The van der Waals surface area contributed by atoms with Gasteiger partial charge >= 0.3 is 0 Å². The smallest absolute Gasteiger partial charge is 0.272 e. The van der Waals surface area contributed by atoms with E-state index in [9.17, 15) is 13.2 Å². The summed E-state index contributed by atoms with van der Waals surface area (Å²) in [4.78, 5) is 13.6. The fraction of sp³-hybridized carbons (Fsp3) is 0.133. The summed E-state index contributed by atoms with van der Waals surface area (Å²) in [5.74, 6) is 0.309. The highest BCUT2D eigenvalue weighted by Gasteiger charge is 2.15. The van der Waals surface area contributed by atoms with Crippen LogP contribution in [0.15, 0.2) is 53.4 Å². The van der Waals surface area contributed by atoms with E-state index in [0.717, 1.165) is 0 Å². The lowest BCUT2D eigenvalue weighted by Gasteiger charge is -2.10. The number of benzene rings is 2. The molecule has 2 N–H and O–H groups in total. The number of carbonyl (C=O) groups is 1. The van der Waals surface area contributed by atoms with Crippen molar-refractivity contribution in [1.29, 1.82) is 0 Å². The number of methoxy groups -OCH3 is 1. The molecule has 9 heteroatoms. The van der Waals surface area contributed by atoms with Gasteiger partial charge in [-0.05, 0) is 48.5 Å². The highest BCUT2D eigenvalue weighted by Crippen LogP contribution is 2.16. The molecule has 2 aromatic rings. The summed E-state index contributed by atoms with van der Waals surface area (Å²) < 4.78 is 34.2. The number of sulfonamides is 1. The zero-order chi connectivity index (χ0) is 17.6. The second-order valence-electron chi connectivity index (χ2n) is 4.57. The molecule has 1 amide bonds. The van der Waals surface area contributed by atoms with Gasteiger partial charge in [-0.25, -0.2) is 8.42 Å². The molecule has 2 aromatic carbocycles. The molecule has 0 radical (unpaired) electrons. The second-order valence-corrected chi connectivity index (χ2v) is 6.69.